The van der Waals surface area contributed by atoms with Gasteiger partial charge in [0, 0.05) is 77.1 Å². The Kier molecular flexibility index (Phi) is 11.5. The van der Waals surface area contributed by atoms with E-state index in [2.05, 4.69) is 123 Å². The third kappa shape index (κ3) is 8.36. The number of benzene rings is 11. The quantitative estimate of drug-likeness (QED) is 0.144. The number of hydrogen-bond acceptors (Lipinski definition) is 4. The SMILES string of the molecule is FC(F)(F)c1cc(-c2cc(-c3ccccc3)nc(-c3ccccc3)n2)c(-n2c3cc(-n4c5ccccc5c5ccccc54)ccc3c3ccc(-n4c5ccccc5c5ccccc54)cc32)c(-c2nc(-c3ccccc3)cc(-c3ccccc3)n2)c1. The minimum Gasteiger partial charge on any atom is -0.309 e. The molecule has 0 N–H and O–H groups in total. The van der Waals surface area contributed by atoms with Gasteiger partial charge in [0.2, 0.25) is 0 Å². The van der Waals surface area contributed by atoms with E-state index in [1.54, 1.807) is 0 Å². The van der Waals surface area contributed by atoms with Crippen LogP contribution in [0.15, 0.2) is 279 Å². The Hall–Kier alpha value is -11.2. The highest BCUT2D eigenvalue weighted by molar-refractivity contribution is 6.14. The smallest absolute Gasteiger partial charge is 0.309 e. The van der Waals surface area contributed by atoms with Gasteiger partial charge in [-0.05, 0) is 72.8 Å². The Morgan fingerprint density at radius 1 is 0.259 bits per heavy atom. The molecule has 7 nitrogen and oxygen atoms in total. The Bertz CT molecular complexity index is 4740. The van der Waals surface area contributed by atoms with Gasteiger partial charge >= 0.3 is 6.18 Å². The molecule has 0 aliphatic rings. The van der Waals surface area contributed by atoms with Crippen LogP contribution in [0.5, 0.6) is 0 Å². The summed E-state index contributed by atoms with van der Waals surface area (Å²) in [5.74, 6) is 0.440. The maximum absolute atomic E-state index is 16.4. The van der Waals surface area contributed by atoms with Crippen LogP contribution >= 0.6 is 0 Å². The predicted octanol–water partition coefficient (Wildman–Crippen LogP) is 19.6. The fourth-order valence-corrected chi connectivity index (χ4v) is 12.5. The first-order valence-corrected chi connectivity index (χ1v) is 28.1. The lowest BCUT2D eigenvalue weighted by molar-refractivity contribution is -0.137. The summed E-state index contributed by atoms with van der Waals surface area (Å²) in [6, 6.07) is 91.2. The molecule has 0 saturated carbocycles. The van der Waals surface area contributed by atoms with Gasteiger partial charge in [-0.1, -0.05) is 206 Å². The van der Waals surface area contributed by atoms with E-state index in [0.717, 1.165) is 93.5 Å². The Morgan fingerprint density at radius 3 is 1.00 bits per heavy atom. The van der Waals surface area contributed by atoms with Crippen molar-refractivity contribution in [2.75, 3.05) is 0 Å². The van der Waals surface area contributed by atoms with Crippen molar-refractivity contribution in [2.24, 2.45) is 0 Å². The highest BCUT2D eigenvalue weighted by Crippen LogP contribution is 2.47. The fourth-order valence-electron chi connectivity index (χ4n) is 12.5. The summed E-state index contributed by atoms with van der Waals surface area (Å²) in [7, 11) is 0. The highest BCUT2D eigenvalue weighted by atomic mass is 19.4. The van der Waals surface area contributed by atoms with E-state index in [1.165, 1.54) is 12.1 Å². The van der Waals surface area contributed by atoms with E-state index in [9.17, 15) is 0 Å². The largest absolute Gasteiger partial charge is 0.416 e. The topological polar surface area (TPSA) is 66.3 Å². The van der Waals surface area contributed by atoms with Crippen LogP contribution in [-0.2, 0) is 6.18 Å². The number of para-hydroxylation sites is 4. The molecule has 402 valence electrons. The molecule has 11 aromatic carbocycles. The lowest BCUT2D eigenvalue weighted by Crippen LogP contribution is -2.11. The summed E-state index contributed by atoms with van der Waals surface area (Å²) in [6.07, 6.45) is -4.84. The number of halogens is 3. The molecule has 0 aliphatic carbocycles. The normalized spacial score (nSPS) is 11.9. The summed E-state index contributed by atoms with van der Waals surface area (Å²) >= 11 is 0. The number of hydrogen-bond donors (Lipinski definition) is 0. The summed E-state index contributed by atoms with van der Waals surface area (Å²) in [5.41, 5.74) is 12.0. The van der Waals surface area contributed by atoms with E-state index < -0.39 is 11.7 Å². The van der Waals surface area contributed by atoms with Crippen molar-refractivity contribution < 1.29 is 13.2 Å². The number of fused-ring (bicyclic) bond motifs is 9. The summed E-state index contributed by atoms with van der Waals surface area (Å²) in [5, 5.41) is 6.15. The van der Waals surface area contributed by atoms with Crippen LogP contribution in [0.3, 0.4) is 0 Å². The highest BCUT2D eigenvalue weighted by Gasteiger charge is 2.35. The first-order chi connectivity index (χ1) is 41.8. The lowest BCUT2D eigenvalue weighted by atomic mass is 9.96. The average molecular weight is 1100 g/mol. The van der Waals surface area contributed by atoms with Crippen LogP contribution in [0.1, 0.15) is 5.56 Å². The first kappa shape index (κ1) is 49.6. The Labute approximate surface area is 485 Å². The second-order valence-corrected chi connectivity index (χ2v) is 21.3. The molecule has 5 aromatic heterocycles. The summed E-state index contributed by atoms with van der Waals surface area (Å²) in [6.45, 7) is 0. The van der Waals surface area contributed by atoms with Gasteiger partial charge in [-0.2, -0.15) is 13.2 Å². The van der Waals surface area contributed by atoms with Gasteiger partial charge in [0.1, 0.15) is 0 Å². The molecule has 85 heavy (non-hydrogen) atoms. The average Bonchev–Trinajstić information content (AvgIpc) is 2.20. The predicted molar refractivity (Wildman–Crippen MR) is 338 cm³/mol. The number of rotatable bonds is 9. The number of nitrogens with zero attached hydrogens (tertiary/aromatic N) is 7. The van der Waals surface area contributed by atoms with Crippen LogP contribution < -0.4 is 0 Å². The van der Waals surface area contributed by atoms with Crippen molar-refractivity contribution in [3.63, 3.8) is 0 Å². The molecular weight excluding hydrogens is 1060 g/mol. The van der Waals surface area contributed by atoms with E-state index in [4.69, 9.17) is 19.9 Å². The maximum Gasteiger partial charge on any atom is 0.416 e. The van der Waals surface area contributed by atoms with Gasteiger partial charge < -0.3 is 13.7 Å². The van der Waals surface area contributed by atoms with Crippen molar-refractivity contribution in [2.45, 2.75) is 6.18 Å². The van der Waals surface area contributed by atoms with Crippen LogP contribution in [0, 0.1) is 0 Å². The van der Waals surface area contributed by atoms with Gasteiger partial charge in [0.05, 0.1) is 67.1 Å². The minimum atomic E-state index is -4.84. The Morgan fingerprint density at radius 2 is 0.588 bits per heavy atom. The minimum absolute atomic E-state index is 0.0929. The van der Waals surface area contributed by atoms with Gasteiger partial charge in [0.25, 0.3) is 0 Å². The first-order valence-electron chi connectivity index (χ1n) is 28.1. The zero-order valence-electron chi connectivity index (χ0n) is 45.3. The van der Waals surface area contributed by atoms with Crippen molar-refractivity contribution in [3.8, 4) is 84.9 Å². The molecule has 0 fully saturated rings. The zero-order chi connectivity index (χ0) is 56.8. The second kappa shape index (κ2) is 19.7. The monoisotopic (exact) mass is 1100 g/mol. The standard InChI is InChI=1S/C75H46F3N7/c76-75(77,78)51-41-60(65-46-64(49-25-9-3-10-26-49)79-73(82-65)50-27-11-4-12-28-50)72(61(42-51)74-80-62(47-21-5-1-6-22-47)45-63(81-74)48-23-7-2-8-24-48)85-70-43-52(83-66-33-17-13-29-54(66)55-30-14-18-34-67(55)83)37-39-58(70)59-40-38-53(44-71(59)85)84-68-35-19-15-31-56(68)57-32-16-20-36-69(57)84/h1-46H. The molecule has 16 rings (SSSR count). The molecule has 0 bridgehead atoms. The molecule has 0 radical (unpaired) electrons. The number of aromatic nitrogens is 7. The van der Waals surface area contributed by atoms with Crippen LogP contribution in [0.2, 0.25) is 0 Å². The molecule has 10 heteroatoms. The number of alkyl halides is 3. The van der Waals surface area contributed by atoms with Crippen LogP contribution in [-0.4, -0.2) is 33.6 Å². The Balaban J connectivity index is 1.10. The summed E-state index contributed by atoms with van der Waals surface area (Å²) in [4.78, 5) is 21.2. The van der Waals surface area contributed by atoms with Crippen molar-refractivity contribution in [1.82, 2.24) is 33.6 Å². The van der Waals surface area contributed by atoms with Crippen molar-refractivity contribution >= 4 is 65.4 Å². The molecule has 0 aliphatic heterocycles. The zero-order valence-corrected chi connectivity index (χ0v) is 45.3. The van der Waals surface area contributed by atoms with E-state index in [0.29, 0.717) is 34.2 Å². The van der Waals surface area contributed by atoms with E-state index in [-0.39, 0.29) is 22.6 Å². The third-order valence-corrected chi connectivity index (χ3v) is 16.3. The van der Waals surface area contributed by atoms with Crippen molar-refractivity contribution in [1.29, 1.82) is 0 Å². The maximum atomic E-state index is 16.4. The molecule has 0 amide bonds. The molecular formula is C75H46F3N7. The molecule has 0 saturated heterocycles. The van der Waals surface area contributed by atoms with E-state index >= 15 is 13.2 Å². The van der Waals surface area contributed by atoms with Gasteiger partial charge in [-0.15, -0.1) is 0 Å². The summed E-state index contributed by atoms with van der Waals surface area (Å²) < 4.78 is 55.8. The lowest BCUT2D eigenvalue weighted by Gasteiger charge is -2.22. The molecule has 5 heterocycles. The van der Waals surface area contributed by atoms with Gasteiger partial charge in [-0.25, -0.2) is 19.9 Å². The van der Waals surface area contributed by atoms with Gasteiger partial charge in [0.15, 0.2) is 11.6 Å². The van der Waals surface area contributed by atoms with E-state index in [1.807, 2.05) is 158 Å². The molecule has 0 atom stereocenters. The molecule has 0 spiro atoms. The third-order valence-electron chi connectivity index (χ3n) is 16.3. The van der Waals surface area contributed by atoms with Crippen LogP contribution in [0.25, 0.3) is 150 Å². The molecule has 0 unspecified atom stereocenters. The fraction of sp³-hybridized carbons (Fsp3) is 0.0133. The molecule has 16 aromatic rings. The van der Waals surface area contributed by atoms with Gasteiger partial charge in [-0.3, -0.25) is 0 Å². The van der Waals surface area contributed by atoms with Crippen LogP contribution in [0.4, 0.5) is 13.2 Å². The van der Waals surface area contributed by atoms with Crippen molar-refractivity contribution in [3.05, 3.63) is 285 Å². The second-order valence-electron chi connectivity index (χ2n) is 21.3.